The van der Waals surface area contributed by atoms with Gasteiger partial charge in [-0.25, -0.2) is 5.43 Å². The lowest BCUT2D eigenvalue weighted by Crippen LogP contribution is -2.33. The zero-order valence-corrected chi connectivity index (χ0v) is 19.1. The molecule has 0 aliphatic carbocycles. The number of hydrazone groups is 1. The van der Waals surface area contributed by atoms with Gasteiger partial charge < -0.3 is 14.2 Å². The highest BCUT2D eigenvalue weighted by atomic mass is 35.5. The number of hydrogen-bond acceptors (Lipinski definition) is 5. The molecule has 0 radical (unpaired) electrons. The van der Waals surface area contributed by atoms with Crippen molar-refractivity contribution in [3.05, 3.63) is 87.9 Å². The summed E-state index contributed by atoms with van der Waals surface area (Å²) in [5.74, 6) is 1.31. The van der Waals surface area contributed by atoms with Gasteiger partial charge in [0.05, 0.1) is 13.3 Å². The molecule has 0 aliphatic rings. The molecule has 0 unspecified atom stereocenters. The Bertz CT molecular complexity index is 1090. The number of methoxy groups -OCH3 is 1. The summed E-state index contributed by atoms with van der Waals surface area (Å²) in [7, 11) is 1.54. The van der Waals surface area contributed by atoms with Crippen molar-refractivity contribution in [3.8, 4) is 17.2 Å². The van der Waals surface area contributed by atoms with Crippen molar-refractivity contribution in [1.29, 1.82) is 0 Å². The lowest BCUT2D eigenvalue weighted by Gasteiger charge is -2.13. The second-order valence-electron chi connectivity index (χ2n) is 6.74. The first-order valence-corrected chi connectivity index (χ1v) is 10.5. The van der Waals surface area contributed by atoms with E-state index >= 15 is 0 Å². The molecular formula is C24H22Cl2N2O4. The fraction of sp³-hybridized carbons (Fsp3) is 0.167. The number of carbonyl (C=O) groups excluding carboxylic acids is 1. The van der Waals surface area contributed by atoms with Crippen LogP contribution in [0.15, 0.2) is 71.8 Å². The van der Waals surface area contributed by atoms with Crippen molar-refractivity contribution < 1.29 is 19.0 Å². The highest BCUT2D eigenvalue weighted by Crippen LogP contribution is 2.29. The molecule has 3 aromatic carbocycles. The predicted molar refractivity (Wildman–Crippen MR) is 126 cm³/mol. The first-order chi connectivity index (χ1) is 15.5. The van der Waals surface area contributed by atoms with Gasteiger partial charge in [0.15, 0.2) is 17.6 Å². The quantitative estimate of drug-likeness (QED) is 0.329. The average Bonchev–Trinajstić information content (AvgIpc) is 2.79. The summed E-state index contributed by atoms with van der Waals surface area (Å²) in [6, 6.07) is 19.6. The van der Waals surface area contributed by atoms with Gasteiger partial charge in [-0.3, -0.25) is 4.79 Å². The van der Waals surface area contributed by atoms with Crippen LogP contribution in [0.3, 0.4) is 0 Å². The molecule has 1 atom stereocenters. The molecule has 1 N–H and O–H groups in total. The first-order valence-electron chi connectivity index (χ1n) is 9.75. The maximum absolute atomic E-state index is 12.2. The molecule has 3 aromatic rings. The van der Waals surface area contributed by atoms with Gasteiger partial charge >= 0.3 is 0 Å². The summed E-state index contributed by atoms with van der Waals surface area (Å²) in [6.07, 6.45) is 0.815. The minimum Gasteiger partial charge on any atom is -0.493 e. The Morgan fingerprint density at radius 1 is 1.06 bits per heavy atom. The van der Waals surface area contributed by atoms with E-state index in [-0.39, 0.29) is 12.5 Å². The van der Waals surface area contributed by atoms with E-state index < -0.39 is 6.10 Å². The number of rotatable bonds is 9. The van der Waals surface area contributed by atoms with E-state index in [1.165, 1.54) is 6.21 Å². The van der Waals surface area contributed by atoms with E-state index in [0.29, 0.717) is 27.3 Å². The zero-order chi connectivity index (χ0) is 22.9. The lowest BCUT2D eigenvalue weighted by atomic mass is 10.2. The van der Waals surface area contributed by atoms with Crippen molar-refractivity contribution in [3.63, 3.8) is 0 Å². The SMILES string of the molecule is COc1cc(/C=N/NC(=O)[C@H](C)Oc2ccccc2)ccc1OCc1ccc(Cl)cc1Cl. The molecule has 0 bridgehead atoms. The highest BCUT2D eigenvalue weighted by molar-refractivity contribution is 6.35. The number of nitrogens with zero attached hydrogens (tertiary/aromatic N) is 1. The van der Waals surface area contributed by atoms with Crippen LogP contribution in [0, 0.1) is 0 Å². The molecule has 1 amide bonds. The number of ether oxygens (including phenoxy) is 3. The van der Waals surface area contributed by atoms with Crippen LogP contribution in [0.25, 0.3) is 0 Å². The van der Waals surface area contributed by atoms with E-state index in [2.05, 4.69) is 10.5 Å². The molecule has 0 fully saturated rings. The number of carbonyl (C=O) groups is 1. The van der Waals surface area contributed by atoms with Gasteiger partial charge in [0.1, 0.15) is 12.4 Å². The molecule has 8 heteroatoms. The van der Waals surface area contributed by atoms with Gasteiger partial charge in [0.2, 0.25) is 0 Å². The van der Waals surface area contributed by atoms with Crippen molar-refractivity contribution in [2.24, 2.45) is 5.10 Å². The molecule has 32 heavy (non-hydrogen) atoms. The minimum atomic E-state index is -0.695. The molecule has 0 aromatic heterocycles. The van der Waals surface area contributed by atoms with Gasteiger partial charge in [-0.1, -0.05) is 47.5 Å². The Kier molecular flexibility index (Phi) is 8.36. The number of benzene rings is 3. The summed E-state index contributed by atoms with van der Waals surface area (Å²) in [5, 5.41) is 5.08. The molecule has 0 aliphatic heterocycles. The maximum Gasteiger partial charge on any atom is 0.280 e. The smallest absolute Gasteiger partial charge is 0.280 e. The summed E-state index contributed by atoms with van der Waals surface area (Å²) in [6.45, 7) is 1.91. The molecule has 0 saturated heterocycles. The van der Waals surface area contributed by atoms with E-state index in [0.717, 1.165) is 11.1 Å². The number of amides is 1. The van der Waals surface area contributed by atoms with Gasteiger partial charge in [-0.05, 0) is 55.0 Å². The topological polar surface area (TPSA) is 69.2 Å². The Hall–Kier alpha value is -3.22. The molecule has 6 nitrogen and oxygen atoms in total. The second kappa shape index (κ2) is 11.4. The minimum absolute atomic E-state index is 0.259. The van der Waals surface area contributed by atoms with E-state index in [1.54, 1.807) is 56.5 Å². The van der Waals surface area contributed by atoms with Crippen LogP contribution in [-0.4, -0.2) is 25.3 Å². The van der Waals surface area contributed by atoms with E-state index in [9.17, 15) is 4.79 Å². The highest BCUT2D eigenvalue weighted by Gasteiger charge is 2.13. The molecular weight excluding hydrogens is 451 g/mol. The van der Waals surface area contributed by atoms with Crippen LogP contribution < -0.4 is 19.6 Å². The molecule has 0 heterocycles. The Morgan fingerprint density at radius 3 is 2.56 bits per heavy atom. The van der Waals surface area contributed by atoms with Gasteiger partial charge in [0.25, 0.3) is 5.91 Å². The third-order valence-corrected chi connectivity index (χ3v) is 4.99. The van der Waals surface area contributed by atoms with Crippen molar-refractivity contribution in [2.45, 2.75) is 19.6 Å². The van der Waals surface area contributed by atoms with Crippen molar-refractivity contribution in [1.82, 2.24) is 5.43 Å². The normalized spacial score (nSPS) is 11.8. The van der Waals surface area contributed by atoms with Crippen LogP contribution in [0.4, 0.5) is 0 Å². The summed E-state index contributed by atoms with van der Waals surface area (Å²) in [5.41, 5.74) is 3.99. The molecule has 3 rings (SSSR count). The fourth-order valence-electron chi connectivity index (χ4n) is 2.70. The third kappa shape index (κ3) is 6.64. The summed E-state index contributed by atoms with van der Waals surface area (Å²) < 4.78 is 16.8. The Labute approximate surface area is 196 Å². The zero-order valence-electron chi connectivity index (χ0n) is 17.5. The van der Waals surface area contributed by atoms with Crippen LogP contribution in [0.5, 0.6) is 17.2 Å². The summed E-state index contributed by atoms with van der Waals surface area (Å²) >= 11 is 12.1. The second-order valence-corrected chi connectivity index (χ2v) is 7.59. The van der Waals surface area contributed by atoms with Crippen LogP contribution in [0.2, 0.25) is 10.0 Å². The van der Waals surface area contributed by atoms with Crippen molar-refractivity contribution >= 4 is 35.3 Å². The standard InChI is InChI=1S/C24H22Cl2N2O4/c1-16(32-20-6-4-3-5-7-20)24(29)28-27-14-17-8-11-22(23(12-17)30-2)31-15-18-9-10-19(25)13-21(18)26/h3-14,16H,15H2,1-2H3,(H,28,29)/b27-14+/t16-/m0/s1. The van der Waals surface area contributed by atoms with Crippen LogP contribution in [0.1, 0.15) is 18.1 Å². The van der Waals surface area contributed by atoms with Gasteiger partial charge in [-0.15, -0.1) is 0 Å². The van der Waals surface area contributed by atoms with Crippen molar-refractivity contribution in [2.75, 3.05) is 7.11 Å². The third-order valence-electron chi connectivity index (χ3n) is 4.40. The maximum atomic E-state index is 12.2. The molecule has 0 saturated carbocycles. The monoisotopic (exact) mass is 472 g/mol. The largest absolute Gasteiger partial charge is 0.493 e. The molecule has 166 valence electrons. The predicted octanol–water partition coefficient (Wildman–Crippen LogP) is 5.50. The number of halogens is 2. The number of hydrogen-bond donors (Lipinski definition) is 1. The lowest BCUT2D eigenvalue weighted by molar-refractivity contribution is -0.127. The van der Waals surface area contributed by atoms with Gasteiger partial charge in [0, 0.05) is 15.6 Å². The van der Waals surface area contributed by atoms with Crippen LogP contribution >= 0.6 is 23.2 Å². The van der Waals surface area contributed by atoms with E-state index in [4.69, 9.17) is 37.4 Å². The number of nitrogens with one attached hydrogen (secondary N) is 1. The fourth-order valence-corrected chi connectivity index (χ4v) is 3.16. The Balaban J connectivity index is 1.57. The van der Waals surface area contributed by atoms with E-state index in [1.807, 2.05) is 24.3 Å². The summed E-state index contributed by atoms with van der Waals surface area (Å²) in [4.78, 5) is 12.2. The first kappa shape index (κ1) is 23.4. The Morgan fingerprint density at radius 2 is 1.84 bits per heavy atom. The van der Waals surface area contributed by atoms with Crippen LogP contribution in [-0.2, 0) is 11.4 Å². The average molecular weight is 473 g/mol. The molecule has 0 spiro atoms. The van der Waals surface area contributed by atoms with Gasteiger partial charge in [-0.2, -0.15) is 5.10 Å². The number of para-hydroxylation sites is 1.